The smallest absolute Gasteiger partial charge is 0.293 e. The van der Waals surface area contributed by atoms with Crippen molar-refractivity contribution >= 4 is 25.0 Å². The van der Waals surface area contributed by atoms with Crippen molar-refractivity contribution in [1.82, 2.24) is 30.0 Å². The molecule has 0 fully saturated rings. The average molecular weight is 553 g/mol. The van der Waals surface area contributed by atoms with Gasteiger partial charge in [-0.05, 0) is 43.2 Å². The van der Waals surface area contributed by atoms with Crippen LogP contribution in [-0.2, 0) is 16.9 Å². The summed E-state index contributed by atoms with van der Waals surface area (Å²) in [5.41, 5.74) is 2.25. The van der Waals surface area contributed by atoms with Crippen LogP contribution in [0, 0.1) is 12.7 Å². The molecule has 1 unspecified atom stereocenters. The van der Waals surface area contributed by atoms with E-state index in [9.17, 15) is 4.79 Å². The van der Waals surface area contributed by atoms with E-state index in [1.807, 2.05) is 37.6 Å². The monoisotopic (exact) mass is 552 g/mol. The minimum Gasteiger partial charge on any atom is -0.361 e. The van der Waals surface area contributed by atoms with Crippen molar-refractivity contribution in [3.8, 4) is 11.3 Å². The Kier molecular flexibility index (Phi) is 8.03. The third kappa shape index (κ3) is 6.42. The molecule has 1 N–H and O–H groups in total. The van der Waals surface area contributed by atoms with Gasteiger partial charge in [-0.3, -0.25) is 4.79 Å². The molecule has 0 saturated heterocycles. The predicted molar refractivity (Wildman–Crippen MR) is 151 cm³/mol. The number of nitrogens with zero attached hydrogens (tertiary/aromatic N) is 5. The molecule has 3 heterocycles. The summed E-state index contributed by atoms with van der Waals surface area (Å²) < 4.78 is 28.8. The fraction of sp³-hybridized carbons (Fsp3) is 0.464. The van der Waals surface area contributed by atoms with E-state index in [-0.39, 0.29) is 11.2 Å². The van der Waals surface area contributed by atoms with Gasteiger partial charge in [-0.2, -0.15) is 4.98 Å². The van der Waals surface area contributed by atoms with E-state index in [2.05, 4.69) is 45.1 Å². The fourth-order valence-electron chi connectivity index (χ4n) is 4.18. The standard InChI is InChI=1S/C28H37FN6O3Si/c1-17-19(18(2)32-26(36)24-33-27(38-34-24)28(3,4)5)9-10-20(22(17)29)23-21-11-12-35(25(21)31-15-30-23)16-37-13-14-39(6,7)8/h9-12,15,18H,13-14,16H2,1-8H3,(H,32,36). The number of halogens is 1. The Morgan fingerprint density at radius 2 is 1.95 bits per heavy atom. The molecule has 9 nitrogen and oxygen atoms in total. The predicted octanol–water partition coefficient (Wildman–Crippen LogP) is 6.03. The van der Waals surface area contributed by atoms with Crippen LogP contribution < -0.4 is 5.32 Å². The van der Waals surface area contributed by atoms with Crippen LogP contribution in [0.1, 0.15) is 61.4 Å². The van der Waals surface area contributed by atoms with Gasteiger partial charge in [-0.25, -0.2) is 14.4 Å². The van der Waals surface area contributed by atoms with Crippen LogP contribution >= 0.6 is 0 Å². The van der Waals surface area contributed by atoms with Gasteiger partial charge in [0.2, 0.25) is 5.89 Å². The van der Waals surface area contributed by atoms with E-state index in [0.29, 0.717) is 47.3 Å². The summed E-state index contributed by atoms with van der Waals surface area (Å²) >= 11 is 0. The highest BCUT2D eigenvalue weighted by atomic mass is 28.3. The van der Waals surface area contributed by atoms with E-state index < -0.39 is 25.8 Å². The van der Waals surface area contributed by atoms with Crippen molar-refractivity contribution in [3.05, 3.63) is 59.4 Å². The average Bonchev–Trinajstić information content (AvgIpc) is 3.51. The number of hydrogen-bond acceptors (Lipinski definition) is 7. The third-order valence-corrected chi connectivity index (χ3v) is 8.26. The molecule has 1 aromatic carbocycles. The highest BCUT2D eigenvalue weighted by molar-refractivity contribution is 6.76. The SMILES string of the molecule is Cc1c(C(C)NC(=O)c2noc(C(C)(C)C)n2)ccc(-c2ncnc3c2ccn3COCC[Si](C)(C)C)c1F. The molecule has 1 amide bonds. The van der Waals surface area contributed by atoms with Crippen molar-refractivity contribution in [2.75, 3.05) is 6.61 Å². The molecular formula is C28H37FN6O3Si. The van der Waals surface area contributed by atoms with Gasteiger partial charge in [-0.15, -0.1) is 0 Å². The molecule has 0 aliphatic rings. The summed E-state index contributed by atoms with van der Waals surface area (Å²) in [6, 6.07) is 5.97. The van der Waals surface area contributed by atoms with Gasteiger partial charge in [0, 0.05) is 37.2 Å². The molecule has 1 atom stereocenters. The van der Waals surface area contributed by atoms with Crippen molar-refractivity contribution in [2.24, 2.45) is 0 Å². The van der Waals surface area contributed by atoms with Crippen molar-refractivity contribution in [1.29, 1.82) is 0 Å². The molecule has 208 valence electrons. The van der Waals surface area contributed by atoms with Crippen LogP contribution in [0.2, 0.25) is 25.7 Å². The highest BCUT2D eigenvalue weighted by Crippen LogP contribution is 2.32. The van der Waals surface area contributed by atoms with Crippen LogP contribution in [0.4, 0.5) is 4.39 Å². The number of carbonyl (C=O) groups excluding carboxylic acids is 1. The quantitative estimate of drug-likeness (QED) is 0.199. The highest BCUT2D eigenvalue weighted by Gasteiger charge is 2.26. The zero-order valence-electron chi connectivity index (χ0n) is 23.9. The molecule has 0 aliphatic heterocycles. The first-order valence-electron chi connectivity index (χ1n) is 13.1. The number of aromatic nitrogens is 5. The molecule has 0 aliphatic carbocycles. The summed E-state index contributed by atoms with van der Waals surface area (Å²) in [5, 5.41) is 7.37. The Labute approximate surface area is 229 Å². The molecule has 11 heteroatoms. The maximum Gasteiger partial charge on any atom is 0.293 e. The van der Waals surface area contributed by atoms with Crippen molar-refractivity contribution in [3.63, 3.8) is 0 Å². The Bertz CT molecular complexity index is 1480. The maximum atomic E-state index is 15.8. The second kappa shape index (κ2) is 11.0. The summed E-state index contributed by atoms with van der Waals surface area (Å²) in [6.07, 6.45) is 3.33. The Hall–Kier alpha value is -3.44. The zero-order valence-corrected chi connectivity index (χ0v) is 24.9. The third-order valence-electron chi connectivity index (χ3n) is 6.55. The molecule has 39 heavy (non-hydrogen) atoms. The Balaban J connectivity index is 1.53. The van der Waals surface area contributed by atoms with Gasteiger partial charge in [0.1, 0.15) is 24.5 Å². The number of ether oxygens (including phenoxy) is 1. The van der Waals surface area contributed by atoms with E-state index in [4.69, 9.17) is 9.26 Å². The van der Waals surface area contributed by atoms with E-state index in [0.717, 1.165) is 11.4 Å². The van der Waals surface area contributed by atoms with Gasteiger partial charge >= 0.3 is 0 Å². The largest absolute Gasteiger partial charge is 0.361 e. The topological polar surface area (TPSA) is 108 Å². The number of carbonyl (C=O) groups is 1. The second-order valence-electron chi connectivity index (χ2n) is 12.1. The van der Waals surface area contributed by atoms with Gasteiger partial charge in [0.25, 0.3) is 11.7 Å². The molecule has 3 aromatic heterocycles. The second-order valence-corrected chi connectivity index (χ2v) is 17.7. The molecular weight excluding hydrogens is 515 g/mol. The summed E-state index contributed by atoms with van der Waals surface area (Å²) in [7, 11) is -1.18. The van der Waals surface area contributed by atoms with Crippen molar-refractivity contribution < 1.29 is 18.4 Å². The summed E-state index contributed by atoms with van der Waals surface area (Å²) in [4.78, 5) is 25.8. The number of amides is 1. The van der Waals surface area contributed by atoms with Crippen LogP contribution in [0.15, 0.2) is 35.2 Å². The normalized spacial score (nSPS) is 13.2. The fourth-order valence-corrected chi connectivity index (χ4v) is 4.93. The van der Waals surface area contributed by atoms with Crippen LogP contribution in [0.5, 0.6) is 0 Å². The van der Waals surface area contributed by atoms with E-state index >= 15 is 4.39 Å². The minimum absolute atomic E-state index is 0.0566. The Morgan fingerprint density at radius 1 is 1.21 bits per heavy atom. The van der Waals surface area contributed by atoms with Crippen LogP contribution in [0.25, 0.3) is 22.3 Å². The maximum absolute atomic E-state index is 15.8. The number of rotatable bonds is 9. The van der Waals surface area contributed by atoms with Gasteiger partial charge in [-0.1, -0.05) is 51.6 Å². The number of hydrogen-bond donors (Lipinski definition) is 1. The first-order valence-corrected chi connectivity index (χ1v) is 16.8. The van der Waals surface area contributed by atoms with E-state index in [1.54, 1.807) is 26.0 Å². The molecule has 0 spiro atoms. The minimum atomic E-state index is -1.18. The zero-order chi connectivity index (χ0) is 28.5. The molecule has 0 radical (unpaired) electrons. The van der Waals surface area contributed by atoms with Gasteiger partial charge in [0.05, 0.1) is 11.7 Å². The lowest BCUT2D eigenvalue weighted by Gasteiger charge is -2.18. The lowest BCUT2D eigenvalue weighted by atomic mass is 9.96. The van der Waals surface area contributed by atoms with Crippen LogP contribution in [0.3, 0.4) is 0 Å². The summed E-state index contributed by atoms with van der Waals surface area (Å²) in [6.45, 7) is 17.2. The Morgan fingerprint density at radius 3 is 2.62 bits per heavy atom. The summed E-state index contributed by atoms with van der Waals surface area (Å²) in [5.74, 6) is -0.576. The number of fused-ring (bicyclic) bond motifs is 1. The molecule has 4 aromatic rings. The lowest BCUT2D eigenvalue weighted by Crippen LogP contribution is -2.28. The first-order chi connectivity index (χ1) is 18.3. The van der Waals surface area contributed by atoms with E-state index in [1.165, 1.54) is 6.33 Å². The van der Waals surface area contributed by atoms with Gasteiger partial charge in [0.15, 0.2) is 0 Å². The first kappa shape index (κ1) is 28.6. The number of benzene rings is 1. The number of nitrogens with one attached hydrogen (secondary N) is 1. The molecule has 4 rings (SSSR count). The van der Waals surface area contributed by atoms with Crippen LogP contribution in [-0.4, -0.2) is 45.3 Å². The molecule has 0 bridgehead atoms. The van der Waals surface area contributed by atoms with Gasteiger partial charge < -0.3 is 19.1 Å². The molecule has 0 saturated carbocycles. The lowest BCUT2D eigenvalue weighted by molar-refractivity contribution is 0.0898. The van der Waals surface area contributed by atoms with Crippen molar-refractivity contribution in [2.45, 2.75) is 78.5 Å².